The van der Waals surface area contributed by atoms with E-state index in [0.717, 1.165) is 17.9 Å². The zero-order valence-electron chi connectivity index (χ0n) is 14.5. The molecule has 4 nitrogen and oxygen atoms in total. The van der Waals surface area contributed by atoms with Gasteiger partial charge in [-0.05, 0) is 50.7 Å². The first-order valence-electron chi connectivity index (χ1n) is 8.70. The van der Waals surface area contributed by atoms with Gasteiger partial charge in [-0.15, -0.1) is 0 Å². The van der Waals surface area contributed by atoms with Crippen molar-refractivity contribution >= 4 is 5.97 Å². The van der Waals surface area contributed by atoms with E-state index in [4.69, 9.17) is 15.2 Å². The van der Waals surface area contributed by atoms with Crippen LogP contribution in [0.1, 0.15) is 38.2 Å². The second-order valence-electron chi connectivity index (χ2n) is 6.97. The molecule has 2 aliphatic rings. The van der Waals surface area contributed by atoms with Crippen LogP contribution in [0.3, 0.4) is 0 Å². The molecule has 0 aromatic heterocycles. The summed E-state index contributed by atoms with van der Waals surface area (Å²) in [7, 11) is 0. The number of hydrogen-bond acceptors (Lipinski definition) is 4. The number of esters is 1. The number of aryl methyl sites for hydroxylation is 1. The predicted molar refractivity (Wildman–Crippen MR) is 90.9 cm³/mol. The zero-order valence-corrected chi connectivity index (χ0v) is 14.5. The van der Waals surface area contributed by atoms with Gasteiger partial charge >= 0.3 is 5.97 Å². The van der Waals surface area contributed by atoms with Gasteiger partial charge in [0, 0.05) is 6.61 Å². The highest BCUT2D eigenvalue weighted by Crippen LogP contribution is 2.37. The molecule has 134 valence electrons. The third-order valence-corrected chi connectivity index (χ3v) is 4.31. The fourth-order valence-corrected chi connectivity index (χ4v) is 2.82. The molecule has 1 aromatic rings. The number of carbonyl (C=O) groups excluding carboxylic acids is 1. The minimum absolute atomic E-state index is 0.0380. The van der Waals surface area contributed by atoms with Crippen molar-refractivity contribution in [3.05, 3.63) is 35.6 Å². The molecule has 1 aromatic carbocycles. The van der Waals surface area contributed by atoms with Crippen molar-refractivity contribution in [1.82, 2.24) is 0 Å². The average molecular weight is 337 g/mol. The molecule has 0 amide bonds. The van der Waals surface area contributed by atoms with Gasteiger partial charge in [-0.3, -0.25) is 4.79 Å². The summed E-state index contributed by atoms with van der Waals surface area (Å²) in [4.78, 5) is 11.4. The largest absolute Gasteiger partial charge is 0.461 e. The Kier molecular flexibility index (Phi) is 7.18. The Morgan fingerprint density at radius 2 is 1.83 bits per heavy atom. The summed E-state index contributed by atoms with van der Waals surface area (Å²) >= 11 is 0. The fraction of sp³-hybridized carbons (Fsp3) is 0.632. The van der Waals surface area contributed by atoms with Crippen LogP contribution in [0.5, 0.6) is 0 Å². The summed E-state index contributed by atoms with van der Waals surface area (Å²) in [6.45, 7) is 4.87. The van der Waals surface area contributed by atoms with Crippen LogP contribution in [-0.2, 0) is 14.3 Å². The standard InChI is InChI=1S/C12H21NO3.C7H7F/c1-8-4-10(5-9-2-3-9)6-15-7-11(13)12(14)16-8;1-6-2-4-7(8)5-3-6/h8-11H,2-7,13H2,1H3;2-5H,1H3/t8?,10?,11-;/m0./s1. The van der Waals surface area contributed by atoms with Gasteiger partial charge < -0.3 is 15.2 Å². The van der Waals surface area contributed by atoms with Crippen LogP contribution in [0, 0.1) is 24.6 Å². The number of ether oxygens (including phenoxy) is 2. The SMILES string of the molecule is CC1CC(CC2CC2)COC[C@H](N)C(=O)O1.Cc1ccc(F)cc1. The molecule has 1 heterocycles. The molecule has 3 atom stereocenters. The van der Waals surface area contributed by atoms with E-state index in [1.807, 2.05) is 13.8 Å². The van der Waals surface area contributed by atoms with Crippen molar-refractivity contribution in [3.63, 3.8) is 0 Å². The summed E-state index contributed by atoms with van der Waals surface area (Å²) in [6.07, 6.45) is 4.77. The molecule has 0 radical (unpaired) electrons. The third kappa shape index (κ3) is 6.97. The fourth-order valence-electron chi connectivity index (χ4n) is 2.82. The third-order valence-electron chi connectivity index (χ3n) is 4.31. The van der Waals surface area contributed by atoms with Crippen LogP contribution in [0.4, 0.5) is 4.39 Å². The van der Waals surface area contributed by atoms with Crippen molar-refractivity contribution in [2.24, 2.45) is 17.6 Å². The molecule has 24 heavy (non-hydrogen) atoms. The predicted octanol–water partition coefficient (Wildman–Crippen LogP) is 3.22. The maximum absolute atomic E-state index is 12.1. The van der Waals surface area contributed by atoms with Crippen LogP contribution < -0.4 is 5.73 Å². The second-order valence-corrected chi connectivity index (χ2v) is 6.97. The molecular formula is C19H28FNO3. The van der Waals surface area contributed by atoms with E-state index in [-0.39, 0.29) is 24.5 Å². The van der Waals surface area contributed by atoms with Crippen molar-refractivity contribution in [1.29, 1.82) is 0 Å². The lowest BCUT2D eigenvalue weighted by molar-refractivity contribution is -0.150. The Morgan fingerprint density at radius 3 is 2.42 bits per heavy atom. The van der Waals surface area contributed by atoms with E-state index in [1.54, 1.807) is 12.1 Å². The first-order chi connectivity index (χ1) is 11.4. The smallest absolute Gasteiger partial charge is 0.325 e. The van der Waals surface area contributed by atoms with E-state index in [2.05, 4.69) is 0 Å². The maximum Gasteiger partial charge on any atom is 0.325 e. The lowest BCUT2D eigenvalue weighted by atomic mass is 9.97. The lowest BCUT2D eigenvalue weighted by Crippen LogP contribution is -2.37. The van der Waals surface area contributed by atoms with Crippen LogP contribution in [-0.4, -0.2) is 31.3 Å². The number of benzene rings is 1. The van der Waals surface area contributed by atoms with Crippen LogP contribution in [0.15, 0.2) is 24.3 Å². The Morgan fingerprint density at radius 1 is 1.17 bits per heavy atom. The van der Waals surface area contributed by atoms with E-state index < -0.39 is 6.04 Å². The molecule has 1 aliphatic heterocycles. The first kappa shape index (κ1) is 18.9. The van der Waals surface area contributed by atoms with Crippen LogP contribution in [0.25, 0.3) is 0 Å². The first-order valence-corrected chi connectivity index (χ1v) is 8.70. The zero-order chi connectivity index (χ0) is 17.5. The minimum atomic E-state index is -0.623. The van der Waals surface area contributed by atoms with Crippen LogP contribution >= 0.6 is 0 Å². The highest BCUT2D eigenvalue weighted by molar-refractivity contribution is 5.75. The van der Waals surface area contributed by atoms with Gasteiger partial charge in [-0.2, -0.15) is 0 Å². The minimum Gasteiger partial charge on any atom is -0.461 e. The second kappa shape index (κ2) is 9.14. The summed E-state index contributed by atoms with van der Waals surface area (Å²) < 4.78 is 22.9. The molecular weight excluding hydrogens is 309 g/mol. The van der Waals surface area contributed by atoms with Gasteiger partial charge in [0.25, 0.3) is 0 Å². The Bertz CT molecular complexity index is 495. The molecule has 5 heteroatoms. The Labute approximate surface area is 143 Å². The van der Waals surface area contributed by atoms with E-state index >= 15 is 0 Å². The molecule has 2 N–H and O–H groups in total. The van der Waals surface area contributed by atoms with Gasteiger partial charge in [-0.25, -0.2) is 4.39 Å². The van der Waals surface area contributed by atoms with Crippen LogP contribution in [0.2, 0.25) is 0 Å². The molecule has 0 bridgehead atoms. The molecule has 0 spiro atoms. The highest BCUT2D eigenvalue weighted by atomic mass is 19.1. The van der Waals surface area contributed by atoms with Crippen molar-refractivity contribution < 1.29 is 18.7 Å². The van der Waals surface area contributed by atoms with Gasteiger partial charge in [0.15, 0.2) is 0 Å². The topological polar surface area (TPSA) is 61.5 Å². The Balaban J connectivity index is 0.000000219. The normalized spacial score (nSPS) is 27.8. The monoisotopic (exact) mass is 337 g/mol. The lowest BCUT2D eigenvalue weighted by Gasteiger charge is -2.19. The summed E-state index contributed by atoms with van der Waals surface area (Å²) in [5.74, 6) is 0.890. The number of hydrogen-bond donors (Lipinski definition) is 1. The van der Waals surface area contributed by atoms with Gasteiger partial charge in [0.05, 0.1) is 12.7 Å². The van der Waals surface area contributed by atoms with Crippen molar-refractivity contribution in [2.45, 2.75) is 51.7 Å². The van der Waals surface area contributed by atoms with Gasteiger partial charge in [0.1, 0.15) is 11.9 Å². The van der Waals surface area contributed by atoms with E-state index in [9.17, 15) is 9.18 Å². The van der Waals surface area contributed by atoms with E-state index in [0.29, 0.717) is 12.5 Å². The van der Waals surface area contributed by atoms with Crippen molar-refractivity contribution in [3.8, 4) is 0 Å². The number of cyclic esters (lactones) is 1. The molecule has 2 unspecified atom stereocenters. The number of rotatable bonds is 2. The van der Waals surface area contributed by atoms with E-state index in [1.165, 1.54) is 31.4 Å². The van der Waals surface area contributed by atoms with Gasteiger partial charge in [-0.1, -0.05) is 30.5 Å². The molecule has 1 saturated carbocycles. The molecule has 2 fully saturated rings. The Hall–Kier alpha value is -1.46. The molecule has 3 rings (SSSR count). The summed E-state index contributed by atoms with van der Waals surface area (Å²) in [5, 5.41) is 0. The van der Waals surface area contributed by atoms with Crippen molar-refractivity contribution in [2.75, 3.05) is 13.2 Å². The summed E-state index contributed by atoms with van der Waals surface area (Å²) in [6, 6.07) is 5.78. The average Bonchev–Trinajstić information content (AvgIpc) is 3.33. The van der Waals surface area contributed by atoms with Gasteiger partial charge in [0.2, 0.25) is 0 Å². The highest BCUT2D eigenvalue weighted by Gasteiger charge is 2.29. The number of nitrogens with two attached hydrogens (primary N) is 1. The number of carbonyl (C=O) groups is 1. The number of halogens is 1. The summed E-state index contributed by atoms with van der Waals surface area (Å²) in [5.41, 5.74) is 6.73. The molecule has 1 aliphatic carbocycles. The molecule has 1 saturated heterocycles. The maximum atomic E-state index is 12.1. The quantitative estimate of drug-likeness (QED) is 0.842.